The van der Waals surface area contributed by atoms with Gasteiger partial charge in [0.05, 0.1) is 12.8 Å². The monoisotopic (exact) mass is 371 g/mol. The fourth-order valence-electron chi connectivity index (χ4n) is 1.50. The molecule has 2 aromatic carbocycles. The normalized spacial score (nSPS) is 8.54. The molecule has 1 N–H and O–H groups in total. The van der Waals surface area contributed by atoms with E-state index in [4.69, 9.17) is 14.9 Å². The third-order valence-electron chi connectivity index (χ3n) is 2.44. The number of aliphatic hydroxyl groups excluding tert-OH is 1. The molecule has 0 atom stereocenters. The van der Waals surface area contributed by atoms with Crippen LogP contribution in [0.25, 0.3) is 0 Å². The summed E-state index contributed by atoms with van der Waals surface area (Å²) in [4.78, 5) is 4.02. The second kappa shape index (κ2) is 15.9. The van der Waals surface area contributed by atoms with Gasteiger partial charge in [-0.1, -0.05) is 41.8 Å². The first-order valence-electron chi connectivity index (χ1n) is 6.22. The van der Waals surface area contributed by atoms with Crippen molar-refractivity contribution in [2.45, 2.75) is 0 Å². The maximum atomic E-state index is 11.8. The van der Waals surface area contributed by atoms with E-state index >= 15 is 0 Å². The minimum atomic E-state index is -0.243. The molecule has 0 aliphatic rings. The van der Waals surface area contributed by atoms with Crippen LogP contribution in [0.5, 0.6) is 17.2 Å². The van der Waals surface area contributed by atoms with Crippen LogP contribution in [0.4, 0.5) is 5.69 Å². The molecule has 0 unspecified atom stereocenters. The molecule has 8 heteroatoms. The standard InChI is InChI=1S/C14H13NO3.CH4O.CH3O.O.V/c1-18-13-8-4-5-10(14(13)17)9-15-11-6-2-3-7-12(11)16;2*1-2;;/h2-9,16-17H,1H3;2H,1H3;1H3;;/q;;-1;-2;/p-2. The Morgan fingerprint density at radius 3 is 2.12 bits per heavy atom. The summed E-state index contributed by atoms with van der Waals surface area (Å²) in [5, 5.41) is 38.5. The van der Waals surface area contributed by atoms with Gasteiger partial charge in [-0.2, -0.15) is 7.11 Å². The molecule has 0 bridgehead atoms. The summed E-state index contributed by atoms with van der Waals surface area (Å²) in [6.45, 7) is 0. The van der Waals surface area contributed by atoms with Gasteiger partial charge in [0.15, 0.2) is 0 Å². The molecule has 0 spiro atoms. The predicted molar refractivity (Wildman–Crippen MR) is 80.3 cm³/mol. The van der Waals surface area contributed by atoms with Gasteiger partial charge in [0.1, 0.15) is 5.75 Å². The van der Waals surface area contributed by atoms with Crippen molar-refractivity contribution in [2.24, 2.45) is 4.99 Å². The molecular formula is C16H18NO6V-5. The van der Waals surface area contributed by atoms with Crippen LogP contribution >= 0.6 is 0 Å². The molecule has 2 rings (SSSR count). The average Bonchev–Trinajstić information content (AvgIpc) is 2.59. The molecule has 0 aromatic heterocycles. The minimum absolute atomic E-state index is 0. The Morgan fingerprint density at radius 1 is 1.00 bits per heavy atom. The van der Waals surface area contributed by atoms with Gasteiger partial charge >= 0.3 is 0 Å². The predicted octanol–water partition coefficient (Wildman–Crippen LogP) is 0.0567. The van der Waals surface area contributed by atoms with E-state index in [1.165, 1.54) is 19.4 Å². The van der Waals surface area contributed by atoms with Crippen LogP contribution in [0, 0.1) is 0 Å². The number of nitrogens with zero attached hydrogens (tertiary/aromatic N) is 1. The van der Waals surface area contributed by atoms with Gasteiger partial charge in [-0.3, -0.25) is 4.99 Å². The molecule has 133 valence electrons. The Hall–Kier alpha value is -2.03. The van der Waals surface area contributed by atoms with Gasteiger partial charge in [-0.15, -0.1) is 0 Å². The van der Waals surface area contributed by atoms with Crippen molar-refractivity contribution in [1.29, 1.82) is 0 Å². The summed E-state index contributed by atoms with van der Waals surface area (Å²) >= 11 is 0. The van der Waals surface area contributed by atoms with Gasteiger partial charge in [0.2, 0.25) is 0 Å². The smallest absolute Gasteiger partial charge is 0.111 e. The zero-order valence-corrected chi connectivity index (χ0v) is 14.9. The summed E-state index contributed by atoms with van der Waals surface area (Å²) in [7, 11) is 3.19. The summed E-state index contributed by atoms with van der Waals surface area (Å²) in [5.41, 5.74) is 0.692. The second-order valence-electron chi connectivity index (χ2n) is 3.60. The van der Waals surface area contributed by atoms with Crippen molar-refractivity contribution in [3.8, 4) is 17.2 Å². The molecule has 1 radical (unpaired) electrons. The number of rotatable bonds is 3. The SMILES string of the molecule is CO.COc1cccc(C=Nc2ccccc2[O-])c1[O-].C[O-].[O-2].[V]. The molecular weight excluding hydrogens is 353 g/mol. The van der Waals surface area contributed by atoms with Crippen molar-refractivity contribution in [1.82, 2.24) is 0 Å². The number of para-hydroxylation sites is 3. The summed E-state index contributed by atoms with van der Waals surface area (Å²) in [6, 6.07) is 11.3. The van der Waals surface area contributed by atoms with Crippen LogP contribution in [-0.2, 0) is 24.0 Å². The number of hydrogen-bond acceptors (Lipinski definition) is 6. The van der Waals surface area contributed by atoms with Crippen LogP contribution in [0.1, 0.15) is 5.56 Å². The number of methoxy groups -OCH3 is 1. The second-order valence-corrected chi connectivity index (χ2v) is 3.60. The van der Waals surface area contributed by atoms with E-state index in [1.54, 1.807) is 36.4 Å². The van der Waals surface area contributed by atoms with E-state index in [2.05, 4.69) is 4.99 Å². The molecule has 0 saturated carbocycles. The van der Waals surface area contributed by atoms with E-state index in [0.29, 0.717) is 11.3 Å². The fraction of sp³-hybridized carbons (Fsp3) is 0.188. The van der Waals surface area contributed by atoms with Crippen molar-refractivity contribution in [3.63, 3.8) is 0 Å². The first-order chi connectivity index (χ1) is 10.7. The Bertz CT molecular complexity index is 593. The third-order valence-corrected chi connectivity index (χ3v) is 2.44. The Kier molecular flexibility index (Phi) is 17.7. The Balaban J connectivity index is -0.000000684. The van der Waals surface area contributed by atoms with Crippen LogP contribution < -0.4 is 20.1 Å². The van der Waals surface area contributed by atoms with E-state index in [-0.39, 0.29) is 41.3 Å². The number of benzene rings is 2. The molecule has 0 aliphatic carbocycles. The molecule has 7 nitrogen and oxygen atoms in total. The zero-order chi connectivity index (χ0) is 17.0. The van der Waals surface area contributed by atoms with E-state index in [0.717, 1.165) is 14.2 Å². The van der Waals surface area contributed by atoms with Gasteiger partial charge in [0, 0.05) is 31.9 Å². The van der Waals surface area contributed by atoms with E-state index < -0.39 is 0 Å². The number of aliphatic imine (C=N–C) groups is 1. The molecule has 0 amide bonds. The molecule has 0 saturated heterocycles. The average molecular weight is 371 g/mol. The minimum Gasteiger partial charge on any atom is -2.00 e. The van der Waals surface area contributed by atoms with Crippen molar-refractivity contribution in [3.05, 3.63) is 48.0 Å². The number of aliphatic hydroxyl groups is 1. The summed E-state index contributed by atoms with van der Waals surface area (Å²) in [5.74, 6) is -0.161. The van der Waals surface area contributed by atoms with Crippen molar-refractivity contribution in [2.75, 3.05) is 21.3 Å². The van der Waals surface area contributed by atoms with Crippen LogP contribution in [0.3, 0.4) is 0 Å². The summed E-state index contributed by atoms with van der Waals surface area (Å²) < 4.78 is 4.93. The molecule has 2 aromatic rings. The quantitative estimate of drug-likeness (QED) is 0.760. The zero-order valence-electron chi connectivity index (χ0n) is 13.5. The van der Waals surface area contributed by atoms with Gasteiger partial charge in [-0.25, -0.2) is 0 Å². The van der Waals surface area contributed by atoms with Crippen LogP contribution in [0.2, 0.25) is 0 Å². The van der Waals surface area contributed by atoms with Gasteiger partial charge in [0.25, 0.3) is 0 Å². The first kappa shape index (κ1) is 26.9. The molecule has 0 heterocycles. The van der Waals surface area contributed by atoms with E-state index in [9.17, 15) is 10.2 Å². The maximum absolute atomic E-state index is 11.8. The maximum Gasteiger partial charge on any atom is 0.111 e. The topological polar surface area (TPSA) is 140 Å². The van der Waals surface area contributed by atoms with E-state index in [1.807, 2.05) is 0 Å². The van der Waals surface area contributed by atoms with Gasteiger partial charge in [-0.05, 0) is 17.7 Å². The molecule has 0 fully saturated rings. The first-order valence-corrected chi connectivity index (χ1v) is 6.22. The number of ether oxygens (including phenoxy) is 1. The Labute approximate surface area is 153 Å². The van der Waals surface area contributed by atoms with Crippen molar-refractivity contribution < 1.29 is 49.2 Å². The van der Waals surface area contributed by atoms with Crippen molar-refractivity contribution >= 4 is 11.9 Å². The Morgan fingerprint density at radius 2 is 1.58 bits per heavy atom. The molecule has 0 aliphatic heterocycles. The fourth-order valence-corrected chi connectivity index (χ4v) is 1.50. The number of hydrogen-bond donors (Lipinski definition) is 1. The third kappa shape index (κ3) is 8.00. The molecule has 24 heavy (non-hydrogen) atoms. The van der Waals surface area contributed by atoms with Gasteiger partial charge < -0.3 is 30.6 Å². The van der Waals surface area contributed by atoms with Crippen LogP contribution in [-0.4, -0.2) is 32.7 Å². The summed E-state index contributed by atoms with van der Waals surface area (Å²) in [6.07, 6.45) is 1.38. The largest absolute Gasteiger partial charge is 2.00 e. The van der Waals surface area contributed by atoms with Crippen LogP contribution in [0.15, 0.2) is 47.5 Å².